The SMILES string of the molecule is CCCCC/C=C\C/C=C\C/C=C\CCCCCC(O)C(=O)NC(COC1OC(CO)C(O)C(O)C1OC(=O)CCCCCCCCCCCCCCC/C=C/CCCCCCCC)C(O)/C=C/CCCCCCCCCCC. The minimum Gasteiger partial charge on any atom is -0.454 e. The van der Waals surface area contributed by atoms with Gasteiger partial charge in [0.15, 0.2) is 12.4 Å². The molecule has 0 spiro atoms. The number of aliphatic hydroxyl groups excluding tert-OH is 5. The van der Waals surface area contributed by atoms with Crippen molar-refractivity contribution in [3.05, 3.63) is 60.8 Å². The highest BCUT2D eigenvalue weighted by molar-refractivity contribution is 5.80. The van der Waals surface area contributed by atoms with Gasteiger partial charge in [-0.05, 0) is 89.9 Å². The van der Waals surface area contributed by atoms with Crippen LogP contribution in [0.3, 0.4) is 0 Å². The standard InChI is InChI=1S/C68H123NO10/c1-4-7-10-13-16-19-22-24-26-28-29-30-31-32-33-34-36-38-41-44-47-50-53-56-63(73)79-66-65(75)64(74)62(57-70)78-68(66)77-58-59(60(71)54-51-48-45-42-39-21-18-15-12-9-6-3)69-67(76)61(72)55-52-49-46-43-40-37-35-27-25-23-20-17-14-11-8-5-2/h17,20,24-27,37,40,51,54,59-62,64-66,68,70-72,74-75H,4-16,18-19,21-23,28-36,38-39,41-50,52-53,55-58H2,1-3H3,(H,69,76)/b20-17-,26-24+,27-25-,40-37-,54-51+. The van der Waals surface area contributed by atoms with Crippen molar-refractivity contribution in [1.82, 2.24) is 5.32 Å². The van der Waals surface area contributed by atoms with Gasteiger partial charge in [0, 0.05) is 6.42 Å². The smallest absolute Gasteiger partial charge is 0.306 e. The number of unbranched alkanes of at least 4 members (excludes halogenated alkanes) is 34. The molecular formula is C68H123NO10. The van der Waals surface area contributed by atoms with Crippen LogP contribution in [-0.2, 0) is 23.8 Å². The highest BCUT2D eigenvalue weighted by Gasteiger charge is 2.47. The van der Waals surface area contributed by atoms with Gasteiger partial charge in [0.25, 0.3) is 0 Å². The molecule has 1 saturated heterocycles. The van der Waals surface area contributed by atoms with Crippen molar-refractivity contribution in [3.8, 4) is 0 Å². The number of allylic oxidation sites excluding steroid dienone is 9. The van der Waals surface area contributed by atoms with Crippen LogP contribution < -0.4 is 5.32 Å². The first-order valence-corrected chi connectivity index (χ1v) is 33.1. The van der Waals surface area contributed by atoms with E-state index < -0.39 is 67.4 Å². The number of hydrogen-bond acceptors (Lipinski definition) is 10. The van der Waals surface area contributed by atoms with Crippen molar-refractivity contribution in [2.75, 3.05) is 13.2 Å². The number of aliphatic hydroxyl groups is 5. The number of hydrogen-bond donors (Lipinski definition) is 6. The average molecular weight is 1110 g/mol. The Hall–Kier alpha value is -2.64. The Morgan fingerprint density at radius 3 is 1.34 bits per heavy atom. The van der Waals surface area contributed by atoms with Crippen molar-refractivity contribution in [2.45, 2.75) is 346 Å². The van der Waals surface area contributed by atoms with Gasteiger partial charge < -0.3 is 45.1 Å². The topological polar surface area (TPSA) is 175 Å². The monoisotopic (exact) mass is 1110 g/mol. The summed E-state index contributed by atoms with van der Waals surface area (Å²) >= 11 is 0. The lowest BCUT2D eigenvalue weighted by Crippen LogP contribution is -2.61. The van der Waals surface area contributed by atoms with E-state index >= 15 is 0 Å². The third-order valence-electron chi connectivity index (χ3n) is 15.4. The molecule has 11 heteroatoms. The summed E-state index contributed by atoms with van der Waals surface area (Å²) in [6.45, 7) is 5.75. The van der Waals surface area contributed by atoms with E-state index in [2.05, 4.69) is 74.7 Å². The summed E-state index contributed by atoms with van der Waals surface area (Å²) in [4.78, 5) is 26.6. The zero-order valence-electron chi connectivity index (χ0n) is 51.0. The lowest BCUT2D eigenvalue weighted by Gasteiger charge is -2.41. The Balaban J connectivity index is 2.61. The molecule has 11 nitrogen and oxygen atoms in total. The van der Waals surface area contributed by atoms with Crippen molar-refractivity contribution in [2.24, 2.45) is 0 Å². The molecule has 8 unspecified atom stereocenters. The van der Waals surface area contributed by atoms with E-state index in [-0.39, 0.29) is 19.4 Å². The van der Waals surface area contributed by atoms with Crippen LogP contribution in [0.2, 0.25) is 0 Å². The predicted molar refractivity (Wildman–Crippen MR) is 329 cm³/mol. The molecule has 6 N–H and O–H groups in total. The summed E-state index contributed by atoms with van der Waals surface area (Å²) in [6, 6.07) is -1.04. The van der Waals surface area contributed by atoms with E-state index in [0.29, 0.717) is 12.8 Å². The highest BCUT2D eigenvalue weighted by Crippen LogP contribution is 2.26. The van der Waals surface area contributed by atoms with E-state index in [4.69, 9.17) is 14.2 Å². The van der Waals surface area contributed by atoms with Gasteiger partial charge in [-0.3, -0.25) is 9.59 Å². The Morgan fingerprint density at radius 1 is 0.494 bits per heavy atom. The minimum atomic E-state index is -1.62. The third-order valence-corrected chi connectivity index (χ3v) is 15.4. The van der Waals surface area contributed by atoms with Crippen LogP contribution in [0.15, 0.2) is 60.8 Å². The van der Waals surface area contributed by atoms with Gasteiger partial charge in [-0.25, -0.2) is 0 Å². The summed E-state index contributed by atoms with van der Waals surface area (Å²) in [5.74, 6) is -1.21. The lowest BCUT2D eigenvalue weighted by molar-refractivity contribution is -0.305. The summed E-state index contributed by atoms with van der Waals surface area (Å²) in [6.07, 6.45) is 59.8. The van der Waals surface area contributed by atoms with Crippen LogP contribution in [-0.4, -0.2) is 99.6 Å². The van der Waals surface area contributed by atoms with Crippen molar-refractivity contribution < 1.29 is 49.3 Å². The molecule has 0 aromatic heterocycles. The predicted octanol–water partition coefficient (Wildman–Crippen LogP) is 16.2. The van der Waals surface area contributed by atoms with E-state index in [1.165, 1.54) is 173 Å². The second-order valence-corrected chi connectivity index (χ2v) is 22.8. The first-order chi connectivity index (χ1) is 38.7. The maximum atomic E-state index is 13.4. The number of carbonyl (C=O) groups is 2. The number of amides is 1. The zero-order valence-corrected chi connectivity index (χ0v) is 51.0. The molecule has 460 valence electrons. The van der Waals surface area contributed by atoms with Gasteiger partial charge in [0.1, 0.15) is 24.4 Å². The van der Waals surface area contributed by atoms with Gasteiger partial charge in [0.2, 0.25) is 5.91 Å². The first-order valence-electron chi connectivity index (χ1n) is 33.1. The lowest BCUT2D eigenvalue weighted by atomic mass is 9.99. The summed E-state index contributed by atoms with van der Waals surface area (Å²) in [5, 5.41) is 57.0. The molecule has 8 atom stereocenters. The summed E-state index contributed by atoms with van der Waals surface area (Å²) < 4.78 is 17.6. The molecular weight excluding hydrogens is 991 g/mol. The number of nitrogens with one attached hydrogen (secondary N) is 1. The van der Waals surface area contributed by atoms with Gasteiger partial charge in [-0.1, -0.05) is 261 Å². The number of ether oxygens (including phenoxy) is 3. The van der Waals surface area contributed by atoms with E-state index in [9.17, 15) is 35.1 Å². The Labute approximate surface area is 484 Å². The van der Waals surface area contributed by atoms with E-state index in [0.717, 1.165) is 77.0 Å². The molecule has 1 aliphatic heterocycles. The molecule has 1 rings (SSSR count). The molecule has 0 aromatic rings. The number of rotatable bonds is 56. The van der Waals surface area contributed by atoms with E-state index in [1.54, 1.807) is 6.08 Å². The normalized spacial score (nSPS) is 19.2. The van der Waals surface area contributed by atoms with Crippen LogP contribution in [0, 0.1) is 0 Å². The van der Waals surface area contributed by atoms with Crippen LogP contribution in [0.5, 0.6) is 0 Å². The molecule has 0 bridgehead atoms. The second-order valence-electron chi connectivity index (χ2n) is 22.8. The molecule has 0 aromatic carbocycles. The summed E-state index contributed by atoms with van der Waals surface area (Å²) in [7, 11) is 0. The molecule has 79 heavy (non-hydrogen) atoms. The fourth-order valence-electron chi connectivity index (χ4n) is 10.1. The maximum absolute atomic E-state index is 13.4. The Kier molecular flexibility index (Phi) is 52.6. The molecule has 1 heterocycles. The largest absolute Gasteiger partial charge is 0.454 e. The van der Waals surface area contributed by atoms with Crippen LogP contribution in [0.25, 0.3) is 0 Å². The molecule has 0 saturated carbocycles. The first kappa shape index (κ1) is 74.4. The highest BCUT2D eigenvalue weighted by atomic mass is 16.7. The fourth-order valence-corrected chi connectivity index (χ4v) is 10.1. The molecule has 0 radical (unpaired) electrons. The quantitative estimate of drug-likeness (QED) is 0.0195. The van der Waals surface area contributed by atoms with Gasteiger partial charge >= 0.3 is 5.97 Å². The van der Waals surface area contributed by atoms with Gasteiger partial charge in [-0.15, -0.1) is 0 Å². The Morgan fingerprint density at radius 2 is 0.873 bits per heavy atom. The maximum Gasteiger partial charge on any atom is 0.306 e. The number of esters is 1. The van der Waals surface area contributed by atoms with Crippen LogP contribution in [0.1, 0.15) is 297 Å². The van der Waals surface area contributed by atoms with Crippen molar-refractivity contribution >= 4 is 11.9 Å². The molecule has 1 fully saturated rings. The summed E-state index contributed by atoms with van der Waals surface area (Å²) in [5.41, 5.74) is 0. The van der Waals surface area contributed by atoms with Gasteiger partial charge in [-0.2, -0.15) is 0 Å². The fraction of sp³-hybridized carbons (Fsp3) is 0.824. The molecule has 1 aliphatic rings. The Bertz CT molecular complexity index is 1510. The van der Waals surface area contributed by atoms with Crippen molar-refractivity contribution in [1.29, 1.82) is 0 Å². The van der Waals surface area contributed by atoms with Crippen molar-refractivity contribution in [3.63, 3.8) is 0 Å². The average Bonchev–Trinajstić information content (AvgIpc) is 3.45. The van der Waals surface area contributed by atoms with Crippen LogP contribution >= 0.6 is 0 Å². The third kappa shape index (κ3) is 43.7. The molecule has 0 aliphatic carbocycles. The zero-order chi connectivity index (χ0) is 57.5. The minimum absolute atomic E-state index is 0.121. The number of carbonyl (C=O) groups excluding carboxylic acids is 2. The van der Waals surface area contributed by atoms with Crippen LogP contribution in [0.4, 0.5) is 0 Å². The van der Waals surface area contributed by atoms with E-state index in [1.807, 2.05) is 6.08 Å². The van der Waals surface area contributed by atoms with Gasteiger partial charge in [0.05, 0.1) is 25.4 Å². The molecule has 1 amide bonds. The second kappa shape index (κ2) is 55.9.